The van der Waals surface area contributed by atoms with Gasteiger partial charge < -0.3 is 14.2 Å². The Morgan fingerprint density at radius 2 is 1.65 bits per heavy atom. The molecule has 6 rings (SSSR count). The van der Waals surface area contributed by atoms with Gasteiger partial charge in [0.25, 0.3) is 0 Å². The topological polar surface area (TPSA) is 34.2 Å². The fourth-order valence-corrected chi connectivity index (χ4v) is 5.18. The summed E-state index contributed by atoms with van der Waals surface area (Å²) in [4.78, 5) is 5.51. The molecule has 2 bridgehead atoms. The first kappa shape index (κ1) is 16.8. The second-order valence-corrected chi connectivity index (χ2v) is 8.30. The minimum absolute atomic E-state index is 0.657. The van der Waals surface area contributed by atoms with E-state index >= 15 is 0 Å². The molecule has 0 unspecified atom stereocenters. The third-order valence-electron chi connectivity index (χ3n) is 6.55. The average Bonchev–Trinajstić information content (AvgIpc) is 3.01. The lowest BCUT2D eigenvalue weighted by atomic mass is 9.94. The van der Waals surface area contributed by atoms with Crippen LogP contribution in [0.5, 0.6) is 11.5 Å². The van der Waals surface area contributed by atoms with Crippen LogP contribution in [0.1, 0.15) is 31.2 Å². The molecule has 2 atom stereocenters. The summed E-state index contributed by atoms with van der Waals surface area (Å²) in [5, 5.41) is 0. The normalized spacial score (nSPS) is 30.3. The summed E-state index contributed by atoms with van der Waals surface area (Å²) in [5.41, 5.74) is 1.35. The maximum absolute atomic E-state index is 5.77. The Kier molecular flexibility index (Phi) is 4.78. The minimum atomic E-state index is 0.657. The van der Waals surface area contributed by atoms with E-state index in [4.69, 9.17) is 14.2 Å². The van der Waals surface area contributed by atoms with Crippen LogP contribution >= 0.6 is 0 Å². The fraction of sp³-hybridized carbons (Fsp3) is 0.714. The maximum Gasteiger partial charge on any atom is 0.161 e. The van der Waals surface area contributed by atoms with Crippen LogP contribution in [0, 0.1) is 5.92 Å². The van der Waals surface area contributed by atoms with E-state index in [1.165, 1.54) is 50.9 Å². The molecule has 0 N–H and O–H groups in total. The zero-order valence-corrected chi connectivity index (χ0v) is 15.6. The smallest absolute Gasteiger partial charge is 0.161 e. The highest BCUT2D eigenvalue weighted by atomic mass is 16.6. The number of nitrogens with zero attached hydrogens (tertiary/aromatic N) is 2. The summed E-state index contributed by atoms with van der Waals surface area (Å²) in [6, 6.07) is 7.89. The summed E-state index contributed by atoms with van der Waals surface area (Å²) < 4.78 is 17.0. The van der Waals surface area contributed by atoms with E-state index in [0.29, 0.717) is 19.3 Å². The molecule has 5 aliphatic heterocycles. The van der Waals surface area contributed by atoms with Gasteiger partial charge in [-0.05, 0) is 49.3 Å². The summed E-state index contributed by atoms with van der Waals surface area (Å²) >= 11 is 0. The second-order valence-electron chi connectivity index (χ2n) is 8.30. The number of ether oxygens (including phenoxy) is 3. The molecule has 142 valence electrons. The molecular weight excluding hydrogens is 328 g/mol. The SMILES string of the molecule is c1cc2c(cc1CN1C[C@H]3CC[C@@H]1CN(C1CCOCC1)C3)OCCO2. The predicted octanol–water partition coefficient (Wildman–Crippen LogP) is 2.53. The summed E-state index contributed by atoms with van der Waals surface area (Å²) in [6.07, 6.45) is 5.15. The lowest BCUT2D eigenvalue weighted by Gasteiger charge is -2.37. The van der Waals surface area contributed by atoms with Gasteiger partial charge in [-0.3, -0.25) is 9.80 Å². The van der Waals surface area contributed by atoms with Gasteiger partial charge in [-0.1, -0.05) is 6.07 Å². The third-order valence-corrected chi connectivity index (χ3v) is 6.55. The molecule has 5 aliphatic rings. The van der Waals surface area contributed by atoms with Crippen molar-refractivity contribution in [2.45, 2.75) is 44.3 Å². The Labute approximate surface area is 156 Å². The van der Waals surface area contributed by atoms with Crippen molar-refractivity contribution in [3.05, 3.63) is 23.8 Å². The van der Waals surface area contributed by atoms with Crippen molar-refractivity contribution < 1.29 is 14.2 Å². The molecule has 0 spiro atoms. The van der Waals surface area contributed by atoms with Gasteiger partial charge >= 0.3 is 0 Å². The van der Waals surface area contributed by atoms with E-state index in [2.05, 4.69) is 28.0 Å². The zero-order chi connectivity index (χ0) is 17.3. The average molecular weight is 358 g/mol. The molecule has 0 saturated carbocycles. The standard InChI is InChI=1S/C21H30N2O3/c1-3-19-15-23(18-5-7-24-8-6-18)14-17(1)13-22(19)12-16-2-4-20-21(11-16)26-10-9-25-20/h2,4,11,17-19H,1,3,5-10,12-15H2/t17-,19-/m1/s1. The van der Waals surface area contributed by atoms with E-state index < -0.39 is 0 Å². The lowest BCUT2D eigenvalue weighted by Crippen LogP contribution is -2.45. The van der Waals surface area contributed by atoms with Crippen molar-refractivity contribution in [1.82, 2.24) is 9.80 Å². The number of hydrogen-bond donors (Lipinski definition) is 0. The van der Waals surface area contributed by atoms with Crippen LogP contribution in [0.15, 0.2) is 18.2 Å². The van der Waals surface area contributed by atoms with Gasteiger partial charge in [-0.15, -0.1) is 0 Å². The monoisotopic (exact) mass is 358 g/mol. The molecular formula is C21H30N2O3. The number of hydrogen-bond acceptors (Lipinski definition) is 5. The van der Waals surface area contributed by atoms with E-state index in [1.54, 1.807) is 0 Å². The van der Waals surface area contributed by atoms with Crippen molar-refractivity contribution >= 4 is 0 Å². The first-order valence-electron chi connectivity index (χ1n) is 10.3. The summed E-state index contributed by atoms with van der Waals surface area (Å²) in [7, 11) is 0. The van der Waals surface area contributed by atoms with Crippen LogP contribution in [0.4, 0.5) is 0 Å². The number of piperidine rings is 1. The van der Waals surface area contributed by atoms with Crippen LogP contribution in [-0.4, -0.2) is 67.9 Å². The Hall–Kier alpha value is -1.30. The van der Waals surface area contributed by atoms with Gasteiger partial charge in [-0.2, -0.15) is 0 Å². The van der Waals surface area contributed by atoms with Crippen molar-refractivity contribution in [3.63, 3.8) is 0 Å². The first-order chi connectivity index (χ1) is 12.8. The van der Waals surface area contributed by atoms with E-state index in [1.807, 2.05) is 0 Å². The van der Waals surface area contributed by atoms with E-state index in [0.717, 1.165) is 43.2 Å². The fourth-order valence-electron chi connectivity index (χ4n) is 5.18. The molecule has 1 aromatic carbocycles. The van der Waals surface area contributed by atoms with Crippen LogP contribution in [0.2, 0.25) is 0 Å². The highest BCUT2D eigenvalue weighted by molar-refractivity contribution is 5.43. The van der Waals surface area contributed by atoms with Gasteiger partial charge in [0.05, 0.1) is 0 Å². The molecule has 5 heteroatoms. The Bertz CT molecular complexity index is 632. The maximum atomic E-state index is 5.77. The molecule has 26 heavy (non-hydrogen) atoms. The highest BCUT2D eigenvalue weighted by Gasteiger charge is 2.37. The number of fused-ring (bicyclic) bond motifs is 5. The quantitative estimate of drug-likeness (QED) is 0.829. The van der Waals surface area contributed by atoms with Crippen molar-refractivity contribution in [1.29, 1.82) is 0 Å². The van der Waals surface area contributed by atoms with Crippen LogP contribution < -0.4 is 9.47 Å². The molecule has 0 amide bonds. The van der Waals surface area contributed by atoms with Gasteiger partial charge in [0.2, 0.25) is 0 Å². The molecule has 0 aromatic heterocycles. The van der Waals surface area contributed by atoms with Crippen molar-refractivity contribution in [2.75, 3.05) is 46.1 Å². The Balaban J connectivity index is 1.28. The van der Waals surface area contributed by atoms with E-state index in [-0.39, 0.29) is 0 Å². The van der Waals surface area contributed by atoms with Gasteiger partial charge in [0.15, 0.2) is 11.5 Å². The summed E-state index contributed by atoms with van der Waals surface area (Å²) in [5.74, 6) is 2.62. The molecule has 5 nitrogen and oxygen atoms in total. The van der Waals surface area contributed by atoms with Gasteiger partial charge in [0.1, 0.15) is 13.2 Å². The predicted molar refractivity (Wildman–Crippen MR) is 99.8 cm³/mol. The first-order valence-corrected chi connectivity index (χ1v) is 10.3. The lowest BCUT2D eigenvalue weighted by molar-refractivity contribution is 0.0307. The highest BCUT2D eigenvalue weighted by Crippen LogP contribution is 2.34. The minimum Gasteiger partial charge on any atom is -0.486 e. The summed E-state index contributed by atoms with van der Waals surface area (Å²) in [6.45, 7) is 7.97. The second kappa shape index (κ2) is 7.37. The van der Waals surface area contributed by atoms with Gasteiger partial charge in [0, 0.05) is 51.5 Å². The van der Waals surface area contributed by atoms with Crippen LogP contribution in [0.25, 0.3) is 0 Å². The molecule has 0 radical (unpaired) electrons. The Morgan fingerprint density at radius 1 is 0.808 bits per heavy atom. The molecule has 4 fully saturated rings. The number of rotatable bonds is 3. The number of benzene rings is 1. The molecule has 4 saturated heterocycles. The third kappa shape index (κ3) is 3.45. The van der Waals surface area contributed by atoms with Gasteiger partial charge in [-0.25, -0.2) is 0 Å². The zero-order valence-electron chi connectivity index (χ0n) is 15.6. The Morgan fingerprint density at radius 3 is 2.54 bits per heavy atom. The van der Waals surface area contributed by atoms with Crippen molar-refractivity contribution in [2.24, 2.45) is 5.92 Å². The molecule has 1 aromatic rings. The molecule has 5 heterocycles. The molecule has 0 aliphatic carbocycles. The van der Waals surface area contributed by atoms with Crippen LogP contribution in [0.3, 0.4) is 0 Å². The largest absolute Gasteiger partial charge is 0.486 e. The van der Waals surface area contributed by atoms with E-state index in [9.17, 15) is 0 Å². The van der Waals surface area contributed by atoms with Crippen molar-refractivity contribution in [3.8, 4) is 11.5 Å². The van der Waals surface area contributed by atoms with Crippen LogP contribution in [-0.2, 0) is 11.3 Å².